The van der Waals surface area contributed by atoms with E-state index in [1.54, 1.807) is 0 Å². The molecule has 0 bridgehead atoms. The number of nitrogens with one attached hydrogen (secondary N) is 2. The van der Waals surface area contributed by atoms with Crippen LogP contribution < -0.4 is 10.6 Å². The fourth-order valence-corrected chi connectivity index (χ4v) is 3.57. The van der Waals surface area contributed by atoms with Gasteiger partial charge in [-0.1, -0.05) is 18.2 Å². The number of nitrogens with zero attached hydrogens (tertiary/aromatic N) is 1. The lowest BCUT2D eigenvalue weighted by Crippen LogP contribution is -2.47. The first-order chi connectivity index (χ1) is 10.5. The van der Waals surface area contributed by atoms with E-state index in [0.717, 1.165) is 20.4 Å². The van der Waals surface area contributed by atoms with Crippen LogP contribution in [0.3, 0.4) is 0 Å². The van der Waals surface area contributed by atoms with Gasteiger partial charge >= 0.3 is 0 Å². The normalized spacial score (nSPS) is 17.8. The third-order valence-electron chi connectivity index (χ3n) is 3.77. The Labute approximate surface area is 150 Å². The first-order valence-electron chi connectivity index (χ1n) is 7.31. The number of benzene rings is 1. The Morgan fingerprint density at radius 2 is 1.95 bits per heavy atom. The maximum atomic E-state index is 12.9. The molecule has 0 fully saturated rings. The van der Waals surface area contributed by atoms with E-state index in [4.69, 9.17) is 12.2 Å². The van der Waals surface area contributed by atoms with Gasteiger partial charge in [-0.05, 0) is 67.2 Å². The summed E-state index contributed by atoms with van der Waals surface area (Å²) in [5, 5.41) is 6.88. The lowest BCUT2D eigenvalue weighted by molar-refractivity contribution is -0.127. The molecule has 1 heterocycles. The molecule has 2 N–H and O–H groups in total. The zero-order valence-electron chi connectivity index (χ0n) is 12.9. The van der Waals surface area contributed by atoms with E-state index in [2.05, 4.69) is 33.2 Å². The Hall–Kier alpha value is -1.15. The number of rotatable bonds is 4. The Morgan fingerprint density at radius 3 is 2.55 bits per heavy atom. The molecule has 1 atom stereocenters. The molecule has 4 nitrogen and oxygen atoms in total. The fraction of sp³-hybridized carbons (Fsp3) is 0.375. The molecule has 0 spiro atoms. The number of likely N-dealkylation sites (N-methyl/N-ethyl adjacent to an activating group) is 1. The van der Waals surface area contributed by atoms with Gasteiger partial charge in [-0.2, -0.15) is 0 Å². The fourth-order valence-electron chi connectivity index (χ4n) is 2.60. The molecule has 1 aromatic rings. The number of hydrogen-bond donors (Lipinski definition) is 2. The summed E-state index contributed by atoms with van der Waals surface area (Å²) in [7, 11) is 0. The smallest absolute Gasteiger partial charge is 0.253 e. The highest BCUT2D eigenvalue weighted by Gasteiger charge is 2.32. The van der Waals surface area contributed by atoms with Crippen molar-refractivity contribution in [2.24, 2.45) is 0 Å². The van der Waals surface area contributed by atoms with Crippen LogP contribution in [0.5, 0.6) is 0 Å². The molecule has 22 heavy (non-hydrogen) atoms. The van der Waals surface area contributed by atoms with Crippen LogP contribution in [0, 0.1) is 3.57 Å². The molecule has 2 rings (SSSR count). The second-order valence-electron chi connectivity index (χ2n) is 5.07. The summed E-state index contributed by atoms with van der Waals surface area (Å²) < 4.78 is 1.11. The Kier molecular flexibility index (Phi) is 5.80. The van der Waals surface area contributed by atoms with Crippen LogP contribution in [0.2, 0.25) is 0 Å². The van der Waals surface area contributed by atoms with Gasteiger partial charge < -0.3 is 15.5 Å². The number of thiocarbonyl (C=S) groups is 1. The van der Waals surface area contributed by atoms with Crippen molar-refractivity contribution in [3.05, 3.63) is 44.7 Å². The molecule has 1 aromatic carbocycles. The number of carbonyl (C=O) groups excluding carboxylic acids is 1. The van der Waals surface area contributed by atoms with Crippen molar-refractivity contribution in [2.75, 3.05) is 13.1 Å². The van der Waals surface area contributed by atoms with Gasteiger partial charge in [0, 0.05) is 22.4 Å². The molecule has 1 aliphatic rings. The van der Waals surface area contributed by atoms with Crippen molar-refractivity contribution < 1.29 is 4.79 Å². The molecule has 0 unspecified atom stereocenters. The Morgan fingerprint density at radius 1 is 1.32 bits per heavy atom. The predicted molar refractivity (Wildman–Crippen MR) is 101 cm³/mol. The van der Waals surface area contributed by atoms with Crippen molar-refractivity contribution in [2.45, 2.75) is 26.8 Å². The molecule has 6 heteroatoms. The van der Waals surface area contributed by atoms with Gasteiger partial charge in [0.1, 0.15) is 0 Å². The maximum Gasteiger partial charge on any atom is 0.253 e. The summed E-state index contributed by atoms with van der Waals surface area (Å²) in [6.07, 6.45) is 0. The molecule has 1 aliphatic heterocycles. The highest BCUT2D eigenvalue weighted by atomic mass is 127. The molecule has 0 radical (unpaired) electrons. The first-order valence-corrected chi connectivity index (χ1v) is 8.80. The quantitative estimate of drug-likeness (QED) is 0.571. The van der Waals surface area contributed by atoms with Crippen LogP contribution >= 0.6 is 34.8 Å². The molecule has 0 saturated heterocycles. The average molecular weight is 429 g/mol. The van der Waals surface area contributed by atoms with E-state index in [-0.39, 0.29) is 11.9 Å². The minimum Gasteiger partial charge on any atom is -0.351 e. The predicted octanol–water partition coefficient (Wildman–Crippen LogP) is 2.95. The van der Waals surface area contributed by atoms with Gasteiger partial charge in [0.25, 0.3) is 5.91 Å². The molecule has 118 valence electrons. The minimum atomic E-state index is -0.213. The van der Waals surface area contributed by atoms with Crippen LogP contribution in [-0.2, 0) is 4.79 Å². The van der Waals surface area contributed by atoms with Crippen LogP contribution in [-0.4, -0.2) is 29.0 Å². The van der Waals surface area contributed by atoms with Crippen LogP contribution in [0.1, 0.15) is 32.4 Å². The zero-order chi connectivity index (χ0) is 16.3. The zero-order valence-corrected chi connectivity index (χ0v) is 15.9. The highest BCUT2D eigenvalue weighted by Crippen LogP contribution is 2.30. The summed E-state index contributed by atoms with van der Waals surface area (Å²) in [5.41, 5.74) is 2.63. The maximum absolute atomic E-state index is 12.9. The van der Waals surface area contributed by atoms with E-state index in [1.165, 1.54) is 0 Å². The van der Waals surface area contributed by atoms with Crippen molar-refractivity contribution >= 4 is 45.8 Å². The number of halogens is 1. The lowest BCUT2D eigenvalue weighted by Gasteiger charge is -2.33. The van der Waals surface area contributed by atoms with Crippen molar-refractivity contribution in [3.63, 3.8) is 0 Å². The lowest BCUT2D eigenvalue weighted by atomic mass is 9.94. The number of allylic oxidation sites excluding steroid dienone is 1. The standard InChI is InChI=1S/C16H20IN3OS/c1-4-20(5-2)15(21)13-10(3)18-16(22)19-14(13)11-8-6-7-9-12(11)17/h6-9,14H,4-5H2,1-3H3,(H2,18,19,22)/t14-/m0/s1. The van der Waals surface area contributed by atoms with Crippen LogP contribution in [0.4, 0.5) is 0 Å². The van der Waals surface area contributed by atoms with Gasteiger partial charge in [-0.25, -0.2) is 0 Å². The van der Waals surface area contributed by atoms with Gasteiger partial charge in [0.05, 0.1) is 11.6 Å². The number of amides is 1. The Balaban J connectivity index is 2.50. The minimum absolute atomic E-state index is 0.0506. The van der Waals surface area contributed by atoms with Crippen LogP contribution in [0.15, 0.2) is 35.5 Å². The monoisotopic (exact) mass is 429 g/mol. The van der Waals surface area contributed by atoms with Crippen molar-refractivity contribution in [1.82, 2.24) is 15.5 Å². The number of hydrogen-bond acceptors (Lipinski definition) is 2. The molecule has 1 amide bonds. The van der Waals surface area contributed by atoms with E-state index in [9.17, 15) is 4.79 Å². The van der Waals surface area contributed by atoms with Gasteiger partial charge in [-0.15, -0.1) is 0 Å². The largest absolute Gasteiger partial charge is 0.351 e. The molecular weight excluding hydrogens is 409 g/mol. The molecule has 0 aliphatic carbocycles. The van der Waals surface area contributed by atoms with E-state index >= 15 is 0 Å². The first kappa shape index (κ1) is 17.2. The second-order valence-corrected chi connectivity index (χ2v) is 6.64. The summed E-state index contributed by atoms with van der Waals surface area (Å²) >= 11 is 7.58. The highest BCUT2D eigenvalue weighted by molar-refractivity contribution is 14.1. The van der Waals surface area contributed by atoms with Gasteiger partial charge in [0.15, 0.2) is 5.11 Å². The molecular formula is C16H20IN3OS. The van der Waals surface area contributed by atoms with E-state index < -0.39 is 0 Å². The van der Waals surface area contributed by atoms with E-state index in [0.29, 0.717) is 18.2 Å². The SMILES string of the molecule is CCN(CC)C(=O)C1=C(C)NC(=S)N[C@H]1c1ccccc1I. The average Bonchev–Trinajstić information content (AvgIpc) is 2.48. The van der Waals surface area contributed by atoms with Crippen LogP contribution in [0.25, 0.3) is 0 Å². The summed E-state index contributed by atoms with van der Waals surface area (Å²) in [6.45, 7) is 7.27. The Bertz CT molecular complexity index is 626. The number of carbonyl (C=O) groups is 1. The summed E-state index contributed by atoms with van der Waals surface area (Å²) in [4.78, 5) is 14.7. The van der Waals surface area contributed by atoms with Crippen molar-refractivity contribution in [1.29, 1.82) is 0 Å². The third kappa shape index (κ3) is 3.43. The summed E-state index contributed by atoms with van der Waals surface area (Å²) in [6, 6.07) is 7.84. The topological polar surface area (TPSA) is 44.4 Å². The molecule has 0 aromatic heterocycles. The third-order valence-corrected chi connectivity index (χ3v) is 4.97. The molecule has 0 saturated carbocycles. The second kappa shape index (κ2) is 7.41. The van der Waals surface area contributed by atoms with Crippen molar-refractivity contribution in [3.8, 4) is 0 Å². The van der Waals surface area contributed by atoms with E-state index in [1.807, 2.05) is 49.9 Å². The van der Waals surface area contributed by atoms with Gasteiger partial charge in [0.2, 0.25) is 0 Å². The van der Waals surface area contributed by atoms with Gasteiger partial charge in [-0.3, -0.25) is 4.79 Å². The summed E-state index contributed by atoms with van der Waals surface area (Å²) in [5.74, 6) is 0.0506.